The molecule has 1 aromatic carbocycles. The number of hydrogen-bond donors (Lipinski definition) is 2. The van der Waals surface area contributed by atoms with Crippen molar-refractivity contribution < 1.29 is 24.2 Å². The number of ether oxygens (including phenoxy) is 2. The molecular formula is C15H12Cl2N2O6. The van der Waals surface area contributed by atoms with Crippen LogP contribution in [0.4, 0.5) is 0 Å². The van der Waals surface area contributed by atoms with E-state index < -0.39 is 11.9 Å². The van der Waals surface area contributed by atoms with Crippen LogP contribution in [0, 0.1) is 0 Å². The highest BCUT2D eigenvalue weighted by Crippen LogP contribution is 2.39. The Balaban J connectivity index is 2.32. The number of carbonyl (C=O) groups excluding carboxylic acids is 1. The summed E-state index contributed by atoms with van der Waals surface area (Å²) >= 11 is 12.1. The van der Waals surface area contributed by atoms with E-state index in [2.05, 4.69) is 14.9 Å². The lowest BCUT2D eigenvalue weighted by Gasteiger charge is -2.11. The molecule has 0 amide bonds. The first-order chi connectivity index (χ1) is 11.7. The van der Waals surface area contributed by atoms with Crippen molar-refractivity contribution in [1.82, 2.24) is 10.2 Å². The average Bonchev–Trinajstić information content (AvgIpc) is 2.52. The molecule has 1 aromatic heterocycles. The molecule has 0 aliphatic carbocycles. The Morgan fingerprint density at radius 1 is 1.20 bits per heavy atom. The van der Waals surface area contributed by atoms with Gasteiger partial charge in [-0.05, 0) is 5.92 Å². The molecule has 1 heterocycles. The van der Waals surface area contributed by atoms with Crippen molar-refractivity contribution in [3.63, 3.8) is 0 Å². The fraction of sp³-hybridized carbons (Fsp3) is 0.200. The van der Waals surface area contributed by atoms with Crippen LogP contribution in [0.1, 0.15) is 25.3 Å². The van der Waals surface area contributed by atoms with Gasteiger partial charge >= 0.3 is 11.9 Å². The number of carboxylic acid groups (broad SMARTS) is 1. The van der Waals surface area contributed by atoms with Crippen LogP contribution in [0.3, 0.4) is 0 Å². The summed E-state index contributed by atoms with van der Waals surface area (Å²) in [5.41, 5.74) is 0.125. The van der Waals surface area contributed by atoms with E-state index in [1.807, 2.05) is 13.8 Å². The molecule has 0 atom stereocenters. The number of aliphatic carboxylic acids is 1. The molecule has 2 N–H and O–H groups in total. The number of rotatable bonds is 4. The molecule has 8 nitrogen and oxygen atoms in total. The third-order valence-electron chi connectivity index (χ3n) is 2.99. The number of carbonyl (C=O) groups is 2. The van der Waals surface area contributed by atoms with Gasteiger partial charge in [0.05, 0.1) is 10.0 Å². The van der Waals surface area contributed by atoms with Gasteiger partial charge in [-0.2, -0.15) is 0 Å². The summed E-state index contributed by atoms with van der Waals surface area (Å²) in [6.07, 6.45) is 0. The lowest BCUT2D eigenvalue weighted by molar-refractivity contribution is -0.158. The molecule has 0 spiro atoms. The normalized spacial score (nSPS) is 10.6. The van der Waals surface area contributed by atoms with Gasteiger partial charge in [0.25, 0.3) is 5.56 Å². The summed E-state index contributed by atoms with van der Waals surface area (Å²) in [7, 11) is 0. The monoisotopic (exact) mass is 386 g/mol. The zero-order valence-corrected chi connectivity index (χ0v) is 14.5. The Hall–Kier alpha value is -2.58. The number of benzene rings is 1. The Morgan fingerprint density at radius 2 is 1.80 bits per heavy atom. The van der Waals surface area contributed by atoms with Gasteiger partial charge < -0.3 is 14.6 Å². The Labute approximate surface area is 151 Å². The van der Waals surface area contributed by atoms with Crippen LogP contribution in [0.15, 0.2) is 23.0 Å². The van der Waals surface area contributed by atoms with Gasteiger partial charge in [0.1, 0.15) is 5.75 Å². The summed E-state index contributed by atoms with van der Waals surface area (Å²) < 4.78 is 10.1. The first-order valence-electron chi connectivity index (χ1n) is 6.90. The molecule has 0 unspecified atom stereocenters. The van der Waals surface area contributed by atoms with Gasteiger partial charge in [0, 0.05) is 23.8 Å². The van der Waals surface area contributed by atoms with E-state index >= 15 is 0 Å². The predicted octanol–water partition coefficient (Wildman–Crippen LogP) is 2.98. The van der Waals surface area contributed by atoms with Crippen molar-refractivity contribution in [2.75, 3.05) is 0 Å². The third kappa shape index (κ3) is 4.49. The third-order valence-corrected chi connectivity index (χ3v) is 3.56. The molecule has 0 aliphatic rings. The van der Waals surface area contributed by atoms with Crippen molar-refractivity contribution in [3.05, 3.63) is 44.2 Å². The lowest BCUT2D eigenvalue weighted by Crippen LogP contribution is -2.19. The van der Waals surface area contributed by atoms with E-state index in [0.29, 0.717) is 5.56 Å². The highest BCUT2D eigenvalue weighted by atomic mass is 35.5. The quantitative estimate of drug-likeness (QED) is 0.470. The lowest BCUT2D eigenvalue weighted by atomic mass is 10.1. The van der Waals surface area contributed by atoms with E-state index in [1.165, 1.54) is 18.2 Å². The number of aromatic nitrogens is 2. The Bertz CT molecular complexity index is 871. The second kappa shape index (κ2) is 7.54. The fourth-order valence-electron chi connectivity index (χ4n) is 1.83. The van der Waals surface area contributed by atoms with E-state index in [1.54, 1.807) is 0 Å². The largest absolute Gasteiger partial charge is 0.473 e. The zero-order chi connectivity index (χ0) is 18.7. The van der Waals surface area contributed by atoms with Gasteiger partial charge in [-0.1, -0.05) is 37.0 Å². The summed E-state index contributed by atoms with van der Waals surface area (Å²) in [6, 6.07) is 3.78. The first kappa shape index (κ1) is 18.8. The van der Waals surface area contributed by atoms with Crippen molar-refractivity contribution >= 4 is 35.1 Å². The highest BCUT2D eigenvalue weighted by molar-refractivity contribution is 6.37. The molecular weight excluding hydrogens is 375 g/mol. The summed E-state index contributed by atoms with van der Waals surface area (Å²) in [4.78, 5) is 33.2. The van der Waals surface area contributed by atoms with Crippen molar-refractivity contribution in [2.45, 2.75) is 19.8 Å². The standard InChI is InChI=1S/C15H12Cl2N2O6/c1-6(2)8-5-11(18-19-13(8)20)25-12-9(16)3-7(4-10(12)17)24-15(23)14(21)22/h3-6H,1-2H3,(H,19,20)(H,21,22). The number of aromatic amines is 1. The van der Waals surface area contributed by atoms with Crippen LogP contribution >= 0.6 is 23.2 Å². The van der Waals surface area contributed by atoms with Gasteiger partial charge in [-0.3, -0.25) is 4.79 Å². The van der Waals surface area contributed by atoms with Crippen molar-refractivity contribution in [2.24, 2.45) is 0 Å². The fourth-order valence-corrected chi connectivity index (χ4v) is 2.37. The molecule has 10 heteroatoms. The number of carboxylic acids is 1. The van der Waals surface area contributed by atoms with Crippen molar-refractivity contribution in [1.29, 1.82) is 0 Å². The molecule has 0 bridgehead atoms. The molecule has 0 fully saturated rings. The molecule has 0 saturated heterocycles. The van der Waals surface area contributed by atoms with Crippen molar-refractivity contribution in [3.8, 4) is 17.4 Å². The predicted molar refractivity (Wildman–Crippen MR) is 88.8 cm³/mol. The number of H-pyrrole nitrogens is 1. The van der Waals surface area contributed by atoms with Gasteiger partial charge in [0.15, 0.2) is 5.75 Å². The van der Waals surface area contributed by atoms with Crippen LogP contribution < -0.4 is 15.0 Å². The minimum Gasteiger partial charge on any atom is -0.473 e. The average molecular weight is 387 g/mol. The maximum absolute atomic E-state index is 11.7. The first-order valence-corrected chi connectivity index (χ1v) is 7.66. The van der Waals surface area contributed by atoms with Crippen LogP contribution in [0.2, 0.25) is 10.0 Å². The Kier molecular flexibility index (Phi) is 5.66. The summed E-state index contributed by atoms with van der Waals surface area (Å²) in [5, 5.41) is 14.5. The van der Waals surface area contributed by atoms with E-state index in [0.717, 1.165) is 0 Å². The van der Waals surface area contributed by atoms with Gasteiger partial charge in [0.2, 0.25) is 5.88 Å². The van der Waals surface area contributed by atoms with E-state index in [9.17, 15) is 14.4 Å². The van der Waals surface area contributed by atoms with Crippen LogP contribution in [0.5, 0.6) is 17.4 Å². The molecule has 132 valence electrons. The van der Waals surface area contributed by atoms with E-state index in [-0.39, 0.29) is 38.9 Å². The number of esters is 1. The van der Waals surface area contributed by atoms with Gasteiger partial charge in [-0.25, -0.2) is 14.7 Å². The summed E-state index contributed by atoms with van der Waals surface area (Å²) in [6.45, 7) is 3.67. The maximum Gasteiger partial charge on any atom is 0.422 e. The van der Waals surface area contributed by atoms with E-state index in [4.69, 9.17) is 33.0 Å². The second-order valence-electron chi connectivity index (χ2n) is 5.16. The Morgan fingerprint density at radius 3 is 2.32 bits per heavy atom. The molecule has 2 aromatic rings. The van der Waals surface area contributed by atoms with Crippen LogP contribution in [0.25, 0.3) is 0 Å². The minimum absolute atomic E-state index is 0.00714. The van der Waals surface area contributed by atoms with Gasteiger partial charge in [-0.15, -0.1) is 5.10 Å². The minimum atomic E-state index is -1.76. The molecule has 25 heavy (non-hydrogen) atoms. The number of halogens is 2. The molecule has 0 saturated carbocycles. The number of nitrogens with zero attached hydrogens (tertiary/aromatic N) is 1. The smallest absolute Gasteiger partial charge is 0.422 e. The molecule has 2 rings (SSSR count). The van der Waals surface area contributed by atoms with Crippen LogP contribution in [-0.4, -0.2) is 27.2 Å². The second-order valence-corrected chi connectivity index (χ2v) is 5.97. The number of hydrogen-bond acceptors (Lipinski definition) is 6. The number of nitrogens with one attached hydrogen (secondary N) is 1. The zero-order valence-electron chi connectivity index (χ0n) is 13.0. The summed E-state index contributed by atoms with van der Waals surface area (Å²) in [5.74, 6) is -3.39. The molecule has 0 radical (unpaired) electrons. The molecule has 0 aliphatic heterocycles. The topological polar surface area (TPSA) is 119 Å². The maximum atomic E-state index is 11.7. The van der Waals surface area contributed by atoms with Crippen LogP contribution in [-0.2, 0) is 9.59 Å². The highest BCUT2D eigenvalue weighted by Gasteiger charge is 2.18. The SMILES string of the molecule is CC(C)c1cc(Oc2c(Cl)cc(OC(=O)C(=O)O)cc2Cl)n[nH]c1=O.